The van der Waals surface area contributed by atoms with Gasteiger partial charge in [0.2, 0.25) is 10.0 Å². The van der Waals surface area contributed by atoms with Crippen LogP contribution >= 0.6 is 12.2 Å². The van der Waals surface area contributed by atoms with E-state index in [1.807, 2.05) is 19.9 Å². The molecule has 0 radical (unpaired) electrons. The molecule has 0 aromatic heterocycles. The first-order valence-corrected chi connectivity index (χ1v) is 8.34. The average Bonchev–Trinajstić information content (AvgIpc) is 2.36. The lowest BCUT2D eigenvalue weighted by molar-refractivity contribution is 0.0911. The summed E-state index contributed by atoms with van der Waals surface area (Å²) in [6, 6.07) is 8.29. The van der Waals surface area contributed by atoms with Gasteiger partial charge >= 0.3 is 0 Å². The minimum absolute atomic E-state index is 0.00861. The van der Waals surface area contributed by atoms with Gasteiger partial charge in [-0.25, -0.2) is 13.1 Å². The van der Waals surface area contributed by atoms with Crippen molar-refractivity contribution < 1.29 is 13.2 Å². The van der Waals surface area contributed by atoms with E-state index < -0.39 is 16.1 Å². The molecule has 3 N–H and O–H groups in total. The zero-order chi connectivity index (χ0) is 15.2. The number of thiocarbonyl (C=S) groups is 1. The van der Waals surface area contributed by atoms with Gasteiger partial charge in [-0.3, -0.25) is 0 Å². The number of nitrogens with one attached hydrogen (secondary N) is 1. The van der Waals surface area contributed by atoms with Gasteiger partial charge in [0.1, 0.15) is 0 Å². The molecular weight excluding hydrogens is 296 g/mol. The van der Waals surface area contributed by atoms with E-state index in [0.717, 1.165) is 0 Å². The number of ether oxygens (including phenoxy) is 1. The molecule has 0 saturated heterocycles. The summed E-state index contributed by atoms with van der Waals surface area (Å²) in [5.41, 5.74) is 6.34. The van der Waals surface area contributed by atoms with Crippen LogP contribution in [-0.2, 0) is 14.8 Å². The average molecular weight is 316 g/mol. The van der Waals surface area contributed by atoms with Crippen molar-refractivity contribution in [3.05, 3.63) is 35.9 Å². The van der Waals surface area contributed by atoms with Gasteiger partial charge in [0.05, 0.1) is 29.5 Å². The normalized spacial score (nSPS) is 13.3. The second-order valence-electron chi connectivity index (χ2n) is 4.60. The van der Waals surface area contributed by atoms with E-state index in [4.69, 9.17) is 22.7 Å². The Morgan fingerprint density at radius 3 is 2.45 bits per heavy atom. The summed E-state index contributed by atoms with van der Waals surface area (Å²) in [6.45, 7) is 3.83. The maximum absolute atomic E-state index is 12.0. The highest BCUT2D eigenvalue weighted by Gasteiger charge is 2.21. The summed E-state index contributed by atoms with van der Waals surface area (Å²) >= 11 is 4.94. The van der Waals surface area contributed by atoms with Crippen molar-refractivity contribution in [2.45, 2.75) is 26.0 Å². The van der Waals surface area contributed by atoms with Gasteiger partial charge < -0.3 is 10.5 Å². The summed E-state index contributed by atoms with van der Waals surface area (Å²) in [7, 11) is -3.51. The van der Waals surface area contributed by atoms with Gasteiger partial charge in [0.15, 0.2) is 0 Å². The van der Waals surface area contributed by atoms with E-state index in [0.29, 0.717) is 5.56 Å². The largest absolute Gasteiger partial charge is 0.392 e. The molecule has 0 spiro atoms. The zero-order valence-electron chi connectivity index (χ0n) is 11.6. The molecule has 0 saturated carbocycles. The lowest BCUT2D eigenvalue weighted by atomic mass is 10.1. The molecule has 1 aromatic rings. The standard InChI is InChI=1S/C13H20N2O3S2/c1-10(2)18-8-9-20(16,17)15-12(13(14)19)11-6-4-3-5-7-11/h3-7,10,12,15H,8-9H2,1-2H3,(H2,14,19). The predicted octanol–water partition coefficient (Wildman–Crippen LogP) is 1.36. The monoisotopic (exact) mass is 316 g/mol. The molecule has 0 aliphatic rings. The highest BCUT2D eigenvalue weighted by atomic mass is 32.2. The number of nitrogens with two attached hydrogens (primary N) is 1. The molecule has 1 aromatic carbocycles. The Balaban J connectivity index is 2.73. The van der Waals surface area contributed by atoms with Crippen LogP contribution in [0.25, 0.3) is 0 Å². The Hall–Kier alpha value is -1.02. The van der Waals surface area contributed by atoms with Crippen molar-refractivity contribution in [2.24, 2.45) is 5.73 Å². The van der Waals surface area contributed by atoms with E-state index in [1.54, 1.807) is 24.3 Å². The van der Waals surface area contributed by atoms with Crippen molar-refractivity contribution in [3.63, 3.8) is 0 Å². The van der Waals surface area contributed by atoms with E-state index >= 15 is 0 Å². The molecule has 1 rings (SSSR count). The van der Waals surface area contributed by atoms with Crippen LogP contribution in [0.3, 0.4) is 0 Å². The SMILES string of the molecule is CC(C)OCCS(=O)(=O)NC(C(N)=S)c1ccccc1. The Bertz CT molecular complexity index is 530. The van der Waals surface area contributed by atoms with Gasteiger partial charge in [-0.05, 0) is 19.4 Å². The molecule has 112 valence electrons. The first kappa shape index (κ1) is 17.0. The fraction of sp³-hybridized carbons (Fsp3) is 0.462. The van der Waals surface area contributed by atoms with Crippen molar-refractivity contribution in [2.75, 3.05) is 12.4 Å². The third-order valence-corrected chi connectivity index (χ3v) is 4.05. The minimum atomic E-state index is -3.51. The molecule has 0 bridgehead atoms. The first-order chi connectivity index (χ1) is 9.32. The van der Waals surface area contributed by atoms with E-state index in [2.05, 4.69) is 4.72 Å². The van der Waals surface area contributed by atoms with Gasteiger partial charge in [0.25, 0.3) is 0 Å². The Kier molecular flexibility index (Phi) is 6.54. The second kappa shape index (κ2) is 7.68. The van der Waals surface area contributed by atoms with E-state index in [9.17, 15) is 8.42 Å². The number of hydrogen-bond donors (Lipinski definition) is 2. The highest BCUT2D eigenvalue weighted by molar-refractivity contribution is 7.89. The molecule has 5 nitrogen and oxygen atoms in total. The van der Waals surface area contributed by atoms with Crippen molar-refractivity contribution >= 4 is 27.2 Å². The predicted molar refractivity (Wildman–Crippen MR) is 84.0 cm³/mol. The van der Waals surface area contributed by atoms with Gasteiger partial charge in [-0.1, -0.05) is 42.5 Å². The summed E-state index contributed by atoms with van der Waals surface area (Å²) in [4.78, 5) is 0.0875. The molecule has 0 aliphatic heterocycles. The molecule has 0 fully saturated rings. The number of benzene rings is 1. The Morgan fingerprint density at radius 1 is 1.35 bits per heavy atom. The molecule has 0 heterocycles. The van der Waals surface area contributed by atoms with Crippen LogP contribution in [0.1, 0.15) is 25.5 Å². The summed E-state index contributed by atoms with van der Waals surface area (Å²) in [6.07, 6.45) is -0.00861. The number of rotatable bonds is 8. The van der Waals surface area contributed by atoms with Crippen molar-refractivity contribution in [1.29, 1.82) is 0 Å². The molecule has 20 heavy (non-hydrogen) atoms. The maximum Gasteiger partial charge on any atom is 0.214 e. The molecular formula is C13H20N2O3S2. The maximum atomic E-state index is 12.0. The van der Waals surface area contributed by atoms with E-state index in [1.165, 1.54) is 0 Å². The van der Waals surface area contributed by atoms with Crippen LogP contribution in [0.2, 0.25) is 0 Å². The van der Waals surface area contributed by atoms with Crippen LogP contribution in [0.15, 0.2) is 30.3 Å². The number of hydrogen-bond acceptors (Lipinski definition) is 4. The van der Waals surface area contributed by atoms with Gasteiger partial charge in [0, 0.05) is 0 Å². The van der Waals surface area contributed by atoms with Crippen LogP contribution in [-0.4, -0.2) is 31.9 Å². The molecule has 7 heteroatoms. The fourth-order valence-electron chi connectivity index (χ4n) is 1.57. The summed E-state index contributed by atoms with van der Waals surface area (Å²) in [5.74, 6) is -0.128. The first-order valence-electron chi connectivity index (χ1n) is 6.27. The molecule has 1 unspecified atom stereocenters. The van der Waals surface area contributed by atoms with Crippen molar-refractivity contribution in [1.82, 2.24) is 4.72 Å². The number of sulfonamides is 1. The smallest absolute Gasteiger partial charge is 0.214 e. The second-order valence-corrected chi connectivity index (χ2v) is 6.95. The minimum Gasteiger partial charge on any atom is -0.392 e. The molecule has 0 aliphatic carbocycles. The van der Waals surface area contributed by atoms with Crippen LogP contribution in [0, 0.1) is 0 Å². The lowest BCUT2D eigenvalue weighted by Gasteiger charge is -2.18. The van der Waals surface area contributed by atoms with Crippen LogP contribution in [0.4, 0.5) is 0 Å². The third kappa shape index (κ3) is 5.96. The lowest BCUT2D eigenvalue weighted by Crippen LogP contribution is -2.38. The summed E-state index contributed by atoms with van der Waals surface area (Å²) < 4.78 is 31.7. The van der Waals surface area contributed by atoms with Crippen LogP contribution < -0.4 is 10.5 Å². The van der Waals surface area contributed by atoms with Crippen LogP contribution in [0.5, 0.6) is 0 Å². The van der Waals surface area contributed by atoms with E-state index in [-0.39, 0.29) is 23.5 Å². The Morgan fingerprint density at radius 2 is 1.95 bits per heavy atom. The van der Waals surface area contributed by atoms with Crippen molar-refractivity contribution in [3.8, 4) is 0 Å². The van der Waals surface area contributed by atoms with Gasteiger partial charge in [-0.15, -0.1) is 0 Å². The third-order valence-electron chi connectivity index (χ3n) is 2.52. The zero-order valence-corrected chi connectivity index (χ0v) is 13.2. The molecule has 0 amide bonds. The fourth-order valence-corrected chi connectivity index (χ4v) is 2.89. The molecule has 1 atom stereocenters. The summed E-state index contributed by atoms with van der Waals surface area (Å²) in [5, 5.41) is 0. The topological polar surface area (TPSA) is 81.4 Å². The Labute approximate surface area is 125 Å². The van der Waals surface area contributed by atoms with Gasteiger partial charge in [-0.2, -0.15) is 0 Å². The highest BCUT2D eigenvalue weighted by Crippen LogP contribution is 2.14. The quantitative estimate of drug-likeness (QED) is 0.708.